The molecule has 0 aromatic carbocycles. The van der Waals surface area contributed by atoms with E-state index < -0.39 is 0 Å². The smallest absolute Gasteiger partial charge is 0.0897 e. The van der Waals surface area contributed by atoms with E-state index in [0.29, 0.717) is 0 Å². The third-order valence-corrected chi connectivity index (χ3v) is 5.06. The zero-order valence-corrected chi connectivity index (χ0v) is 13.7. The minimum Gasteiger partial charge on any atom is -0.297 e. The maximum Gasteiger partial charge on any atom is 0.0897 e. The van der Waals surface area contributed by atoms with Gasteiger partial charge in [-0.15, -0.1) is 11.3 Å². The molecule has 110 valence electrons. The Hall–Kier alpha value is -0.490. The highest BCUT2D eigenvalue weighted by atomic mass is 32.1. The second kappa shape index (κ2) is 7.33. The number of hydrogen-bond donors (Lipinski definition) is 2. The van der Waals surface area contributed by atoms with Crippen molar-refractivity contribution in [3.8, 4) is 0 Å². The molecule has 0 saturated carbocycles. The summed E-state index contributed by atoms with van der Waals surface area (Å²) in [5.41, 5.74) is 4.21. The number of nitrogens with two attached hydrogens (primary N) is 1. The van der Waals surface area contributed by atoms with E-state index in [-0.39, 0.29) is 11.6 Å². The van der Waals surface area contributed by atoms with Crippen LogP contribution in [0.1, 0.15) is 44.8 Å². The number of likely N-dealkylation sites (N-methyl/N-ethyl adjacent to an activating group) is 1. The lowest BCUT2D eigenvalue weighted by Crippen LogP contribution is -2.61. The molecule has 0 aliphatic heterocycles. The van der Waals surface area contributed by atoms with Crippen molar-refractivity contribution in [1.29, 1.82) is 0 Å². The number of rotatable bonds is 8. The number of aromatic nitrogens is 1. The molecule has 1 aromatic heterocycles. The zero-order valence-electron chi connectivity index (χ0n) is 12.9. The third kappa shape index (κ3) is 3.75. The Balaban J connectivity index is 2.91. The highest BCUT2D eigenvalue weighted by Crippen LogP contribution is 2.26. The van der Waals surface area contributed by atoms with Crippen molar-refractivity contribution in [2.75, 3.05) is 13.1 Å². The fourth-order valence-corrected chi connectivity index (χ4v) is 3.43. The molecule has 0 amide bonds. The molecule has 0 radical (unpaired) electrons. The molecule has 0 aliphatic rings. The van der Waals surface area contributed by atoms with Crippen LogP contribution >= 0.6 is 11.3 Å². The van der Waals surface area contributed by atoms with Gasteiger partial charge in [0.2, 0.25) is 0 Å². The van der Waals surface area contributed by atoms with Gasteiger partial charge in [0.1, 0.15) is 0 Å². The third-order valence-electron chi connectivity index (χ3n) is 4.23. The van der Waals surface area contributed by atoms with Gasteiger partial charge >= 0.3 is 0 Å². The van der Waals surface area contributed by atoms with E-state index in [4.69, 9.17) is 5.84 Å². The topological polar surface area (TPSA) is 54.2 Å². The fraction of sp³-hybridized carbons (Fsp3) is 0.786. The van der Waals surface area contributed by atoms with Crippen LogP contribution in [-0.4, -0.2) is 34.6 Å². The molecule has 19 heavy (non-hydrogen) atoms. The van der Waals surface area contributed by atoms with Gasteiger partial charge in [-0.2, -0.15) is 0 Å². The molecule has 0 spiro atoms. The lowest BCUT2D eigenvalue weighted by Gasteiger charge is -2.45. The van der Waals surface area contributed by atoms with Crippen molar-refractivity contribution in [2.45, 2.75) is 59.0 Å². The quantitative estimate of drug-likeness (QED) is 0.568. The minimum absolute atomic E-state index is 0.0514. The summed E-state index contributed by atoms with van der Waals surface area (Å²) in [5.74, 6) is 5.84. The van der Waals surface area contributed by atoms with Crippen LogP contribution in [0.4, 0.5) is 0 Å². The molecule has 4 nitrogen and oxygen atoms in total. The summed E-state index contributed by atoms with van der Waals surface area (Å²) in [6.07, 6.45) is 1.94. The zero-order chi connectivity index (χ0) is 14.5. The van der Waals surface area contributed by atoms with Gasteiger partial charge in [-0.25, -0.2) is 4.98 Å². The molecule has 0 aliphatic carbocycles. The molecule has 1 aromatic rings. The summed E-state index contributed by atoms with van der Waals surface area (Å²) in [6.45, 7) is 13.1. The molecule has 3 N–H and O–H groups in total. The first-order valence-corrected chi connectivity index (χ1v) is 8.01. The van der Waals surface area contributed by atoms with Crippen molar-refractivity contribution >= 4 is 11.3 Å². The van der Waals surface area contributed by atoms with E-state index in [1.165, 1.54) is 0 Å². The standard InChI is InChI=1S/C14H28N4S/c1-6-14(5,18(7-2)8-3)13(17-15)9-12-10-19-11(4)16-12/h10,13,17H,6-9,15H2,1-5H3. The number of nitrogens with one attached hydrogen (secondary N) is 1. The predicted molar refractivity (Wildman–Crippen MR) is 83.3 cm³/mol. The van der Waals surface area contributed by atoms with Gasteiger partial charge in [-0.05, 0) is 33.4 Å². The Labute approximate surface area is 121 Å². The Morgan fingerprint density at radius 1 is 1.42 bits per heavy atom. The predicted octanol–water partition coefficient (Wildman–Crippen LogP) is 2.34. The van der Waals surface area contributed by atoms with Crippen LogP contribution in [0, 0.1) is 6.92 Å². The molecule has 0 fully saturated rings. The van der Waals surface area contributed by atoms with Gasteiger partial charge in [-0.3, -0.25) is 16.2 Å². The van der Waals surface area contributed by atoms with E-state index in [1.54, 1.807) is 11.3 Å². The van der Waals surface area contributed by atoms with Crippen LogP contribution in [0.15, 0.2) is 5.38 Å². The Kier molecular flexibility index (Phi) is 6.39. The molecule has 0 bridgehead atoms. The lowest BCUT2D eigenvalue weighted by atomic mass is 9.85. The second-order valence-corrected chi connectivity index (χ2v) is 6.23. The van der Waals surface area contributed by atoms with E-state index in [9.17, 15) is 0 Å². The summed E-state index contributed by atoms with van der Waals surface area (Å²) < 4.78 is 0. The van der Waals surface area contributed by atoms with E-state index in [1.807, 2.05) is 6.92 Å². The van der Waals surface area contributed by atoms with Crippen LogP contribution in [0.25, 0.3) is 0 Å². The van der Waals surface area contributed by atoms with Crippen LogP contribution in [0.3, 0.4) is 0 Å². The average Bonchev–Trinajstić information content (AvgIpc) is 2.82. The molecule has 0 saturated heterocycles. The summed E-state index contributed by atoms with van der Waals surface area (Å²) in [5, 5.41) is 3.25. The number of aryl methyl sites for hydroxylation is 1. The molecule has 5 heteroatoms. The highest BCUT2D eigenvalue weighted by molar-refractivity contribution is 7.09. The number of hydrogen-bond acceptors (Lipinski definition) is 5. The van der Waals surface area contributed by atoms with Gasteiger partial charge in [0.15, 0.2) is 0 Å². The average molecular weight is 284 g/mol. The first-order valence-electron chi connectivity index (χ1n) is 7.13. The fourth-order valence-electron chi connectivity index (χ4n) is 2.81. The summed E-state index contributed by atoms with van der Waals surface area (Å²) in [7, 11) is 0. The second-order valence-electron chi connectivity index (χ2n) is 5.16. The molecule has 2 atom stereocenters. The van der Waals surface area contributed by atoms with E-state index >= 15 is 0 Å². The van der Waals surface area contributed by atoms with Gasteiger partial charge < -0.3 is 0 Å². The highest BCUT2D eigenvalue weighted by Gasteiger charge is 2.36. The SMILES string of the molecule is CCN(CC)C(C)(CC)C(Cc1csc(C)n1)NN. The van der Waals surface area contributed by atoms with E-state index in [0.717, 1.165) is 36.6 Å². The minimum atomic E-state index is 0.0514. The number of nitrogens with zero attached hydrogens (tertiary/aromatic N) is 2. The van der Waals surface area contributed by atoms with Crippen LogP contribution < -0.4 is 11.3 Å². The summed E-state index contributed by atoms with van der Waals surface area (Å²) >= 11 is 1.70. The molecular weight excluding hydrogens is 256 g/mol. The van der Waals surface area contributed by atoms with Gasteiger partial charge in [0.05, 0.1) is 10.7 Å². The van der Waals surface area contributed by atoms with Crippen LogP contribution in [0.5, 0.6) is 0 Å². The normalized spacial score (nSPS) is 16.6. The van der Waals surface area contributed by atoms with Crippen molar-refractivity contribution in [2.24, 2.45) is 5.84 Å². The van der Waals surface area contributed by atoms with Crippen LogP contribution in [-0.2, 0) is 6.42 Å². The maximum atomic E-state index is 5.84. The van der Waals surface area contributed by atoms with Crippen LogP contribution in [0.2, 0.25) is 0 Å². The first-order chi connectivity index (χ1) is 9.01. The van der Waals surface area contributed by atoms with Crippen molar-refractivity contribution in [3.63, 3.8) is 0 Å². The van der Waals surface area contributed by atoms with E-state index in [2.05, 4.69) is 48.4 Å². The number of thiazole rings is 1. The van der Waals surface area contributed by atoms with Gasteiger partial charge in [0, 0.05) is 23.4 Å². The Morgan fingerprint density at radius 3 is 2.42 bits per heavy atom. The number of hydrazine groups is 1. The summed E-state index contributed by atoms with van der Waals surface area (Å²) in [4.78, 5) is 7.04. The van der Waals surface area contributed by atoms with Crippen molar-refractivity contribution in [3.05, 3.63) is 16.1 Å². The lowest BCUT2D eigenvalue weighted by molar-refractivity contribution is 0.0698. The Bertz CT molecular complexity index is 375. The molecule has 2 unspecified atom stereocenters. The van der Waals surface area contributed by atoms with Crippen molar-refractivity contribution < 1.29 is 0 Å². The molecule has 1 rings (SSSR count). The van der Waals surface area contributed by atoms with Gasteiger partial charge in [0.25, 0.3) is 0 Å². The largest absolute Gasteiger partial charge is 0.297 e. The maximum absolute atomic E-state index is 5.84. The van der Waals surface area contributed by atoms with Crippen molar-refractivity contribution in [1.82, 2.24) is 15.3 Å². The molecule has 1 heterocycles. The summed E-state index contributed by atoms with van der Waals surface area (Å²) in [6, 6.07) is 0.207. The van der Waals surface area contributed by atoms with Gasteiger partial charge in [-0.1, -0.05) is 20.8 Å². The Morgan fingerprint density at radius 2 is 2.05 bits per heavy atom. The monoisotopic (exact) mass is 284 g/mol. The molecular formula is C14H28N4S. The first kappa shape index (κ1) is 16.6.